The quantitative estimate of drug-likeness (QED) is 0.859. The van der Waals surface area contributed by atoms with Gasteiger partial charge in [-0.15, -0.1) is 0 Å². The van der Waals surface area contributed by atoms with E-state index in [4.69, 9.17) is 0 Å². The summed E-state index contributed by atoms with van der Waals surface area (Å²) in [5, 5.41) is 2.90. The molecule has 1 heterocycles. The molecule has 2 aromatic rings. The fourth-order valence-electron chi connectivity index (χ4n) is 3.42. The molecule has 2 aromatic carbocycles. The first-order valence-electron chi connectivity index (χ1n) is 9.30. The Labute approximate surface area is 161 Å². The number of aryl methyl sites for hydroxylation is 1. The molecule has 5 nitrogen and oxygen atoms in total. The zero-order chi connectivity index (χ0) is 19.6. The van der Waals surface area contributed by atoms with Crippen LogP contribution in [0.5, 0.6) is 0 Å². The molecule has 144 valence electrons. The van der Waals surface area contributed by atoms with E-state index in [-0.39, 0.29) is 16.8 Å². The number of benzene rings is 2. The van der Waals surface area contributed by atoms with Crippen molar-refractivity contribution < 1.29 is 13.2 Å². The van der Waals surface area contributed by atoms with Crippen LogP contribution in [0.15, 0.2) is 47.4 Å². The number of rotatable bonds is 4. The van der Waals surface area contributed by atoms with Crippen molar-refractivity contribution in [2.24, 2.45) is 0 Å². The summed E-state index contributed by atoms with van der Waals surface area (Å²) in [6, 6.07) is 11.9. The number of sulfonamides is 1. The monoisotopic (exact) mass is 386 g/mol. The predicted molar refractivity (Wildman–Crippen MR) is 108 cm³/mol. The highest BCUT2D eigenvalue weighted by Crippen LogP contribution is 2.25. The maximum Gasteiger partial charge on any atom is 0.255 e. The minimum absolute atomic E-state index is 0.0102. The van der Waals surface area contributed by atoms with Gasteiger partial charge < -0.3 is 5.32 Å². The van der Waals surface area contributed by atoms with Crippen molar-refractivity contribution in [3.05, 3.63) is 59.2 Å². The Hall–Kier alpha value is -2.18. The Morgan fingerprint density at radius 3 is 2.44 bits per heavy atom. The molecule has 1 atom stereocenters. The lowest BCUT2D eigenvalue weighted by molar-refractivity contribution is 0.102. The largest absolute Gasteiger partial charge is 0.322 e. The van der Waals surface area contributed by atoms with Crippen LogP contribution < -0.4 is 5.32 Å². The first-order valence-corrected chi connectivity index (χ1v) is 10.7. The maximum absolute atomic E-state index is 12.9. The Balaban J connectivity index is 1.78. The standard InChI is InChI=1S/C21H26N2O3S/c1-15-7-6-9-20(17(15)3)22-21(24)18-10-12-19(13-11-18)27(25,26)23-14-5-4-8-16(23)2/h6-7,9-13,16H,4-5,8,14H2,1-3H3,(H,22,24). The number of hydrogen-bond donors (Lipinski definition) is 1. The molecule has 1 fully saturated rings. The molecule has 27 heavy (non-hydrogen) atoms. The molecule has 0 spiro atoms. The van der Waals surface area contributed by atoms with Crippen LogP contribution in [0.1, 0.15) is 47.7 Å². The third kappa shape index (κ3) is 4.06. The first kappa shape index (κ1) is 19.6. The second-order valence-corrected chi connectivity index (χ2v) is 9.08. The second-order valence-electron chi connectivity index (χ2n) is 7.19. The topological polar surface area (TPSA) is 66.5 Å². The molecule has 0 aliphatic carbocycles. The van der Waals surface area contributed by atoms with E-state index in [1.807, 2.05) is 39.0 Å². The molecule has 6 heteroatoms. The van der Waals surface area contributed by atoms with E-state index >= 15 is 0 Å². The number of piperidine rings is 1. The smallest absolute Gasteiger partial charge is 0.255 e. The molecule has 1 aliphatic rings. The zero-order valence-corrected chi connectivity index (χ0v) is 16.8. The Morgan fingerprint density at radius 1 is 1.07 bits per heavy atom. The van der Waals surface area contributed by atoms with Crippen molar-refractivity contribution >= 4 is 21.6 Å². The van der Waals surface area contributed by atoms with Gasteiger partial charge in [-0.25, -0.2) is 8.42 Å². The van der Waals surface area contributed by atoms with Gasteiger partial charge in [-0.05, 0) is 75.1 Å². The maximum atomic E-state index is 12.9. The van der Waals surface area contributed by atoms with E-state index in [9.17, 15) is 13.2 Å². The highest BCUT2D eigenvalue weighted by atomic mass is 32.2. The summed E-state index contributed by atoms with van der Waals surface area (Å²) >= 11 is 0. The average Bonchev–Trinajstić information content (AvgIpc) is 2.65. The molecule has 1 aliphatic heterocycles. The summed E-state index contributed by atoms with van der Waals surface area (Å²) < 4.78 is 27.3. The van der Waals surface area contributed by atoms with Gasteiger partial charge in [-0.1, -0.05) is 18.6 Å². The average molecular weight is 387 g/mol. The molecule has 0 saturated carbocycles. The number of nitrogens with zero attached hydrogens (tertiary/aromatic N) is 1. The lowest BCUT2D eigenvalue weighted by atomic mass is 10.1. The van der Waals surface area contributed by atoms with E-state index < -0.39 is 10.0 Å². The number of hydrogen-bond acceptors (Lipinski definition) is 3. The van der Waals surface area contributed by atoms with E-state index in [1.165, 1.54) is 12.1 Å². The van der Waals surface area contributed by atoms with Crippen LogP contribution in [-0.4, -0.2) is 31.2 Å². The van der Waals surface area contributed by atoms with Gasteiger partial charge in [-0.3, -0.25) is 4.79 Å². The normalized spacial score (nSPS) is 18.3. The molecule has 1 amide bonds. The number of nitrogens with one attached hydrogen (secondary N) is 1. The molecular weight excluding hydrogens is 360 g/mol. The number of carbonyl (C=O) groups is 1. The van der Waals surface area contributed by atoms with Gasteiger partial charge in [0.05, 0.1) is 4.90 Å². The molecule has 1 saturated heterocycles. The summed E-state index contributed by atoms with van der Waals surface area (Å²) in [4.78, 5) is 12.8. The van der Waals surface area contributed by atoms with Gasteiger partial charge in [0, 0.05) is 23.8 Å². The van der Waals surface area contributed by atoms with Crippen LogP contribution in [0.2, 0.25) is 0 Å². The third-order valence-electron chi connectivity index (χ3n) is 5.32. The summed E-state index contributed by atoms with van der Waals surface area (Å²) in [6.07, 6.45) is 2.83. The molecule has 0 radical (unpaired) electrons. The van der Waals surface area contributed by atoms with Gasteiger partial charge in [0.2, 0.25) is 10.0 Å². The number of anilines is 1. The fourth-order valence-corrected chi connectivity index (χ4v) is 5.12. The van der Waals surface area contributed by atoms with E-state index in [0.29, 0.717) is 12.1 Å². The van der Waals surface area contributed by atoms with Crippen molar-refractivity contribution in [2.45, 2.75) is 51.0 Å². The molecule has 0 aromatic heterocycles. The van der Waals surface area contributed by atoms with Crippen LogP contribution in [0.3, 0.4) is 0 Å². The van der Waals surface area contributed by atoms with E-state index in [2.05, 4.69) is 5.32 Å². The van der Waals surface area contributed by atoms with Crippen molar-refractivity contribution in [3.8, 4) is 0 Å². The van der Waals surface area contributed by atoms with Gasteiger partial charge >= 0.3 is 0 Å². The highest BCUT2D eigenvalue weighted by Gasteiger charge is 2.30. The van der Waals surface area contributed by atoms with Crippen molar-refractivity contribution in [2.75, 3.05) is 11.9 Å². The summed E-state index contributed by atoms with van der Waals surface area (Å²) in [7, 11) is -3.52. The Morgan fingerprint density at radius 2 is 1.78 bits per heavy atom. The van der Waals surface area contributed by atoms with Crippen LogP contribution in [0.25, 0.3) is 0 Å². The minimum atomic E-state index is -3.52. The summed E-state index contributed by atoms with van der Waals surface area (Å²) in [6.45, 7) is 6.45. The predicted octanol–water partition coefficient (Wildman–Crippen LogP) is 4.12. The molecule has 1 N–H and O–H groups in total. The Bertz CT molecular complexity index is 936. The van der Waals surface area contributed by atoms with Crippen LogP contribution in [-0.2, 0) is 10.0 Å². The van der Waals surface area contributed by atoms with E-state index in [1.54, 1.807) is 16.4 Å². The summed E-state index contributed by atoms with van der Waals surface area (Å²) in [5.74, 6) is -0.251. The van der Waals surface area contributed by atoms with Gasteiger partial charge in [0.25, 0.3) is 5.91 Å². The molecular formula is C21H26N2O3S. The molecule has 3 rings (SSSR count). The lowest BCUT2D eigenvalue weighted by Gasteiger charge is -2.32. The van der Waals surface area contributed by atoms with Crippen molar-refractivity contribution in [1.82, 2.24) is 4.31 Å². The molecule has 1 unspecified atom stereocenters. The lowest BCUT2D eigenvalue weighted by Crippen LogP contribution is -2.41. The fraction of sp³-hybridized carbons (Fsp3) is 0.381. The summed E-state index contributed by atoms with van der Waals surface area (Å²) in [5.41, 5.74) is 3.31. The Kier molecular flexibility index (Phi) is 5.67. The van der Waals surface area contributed by atoms with Crippen LogP contribution in [0.4, 0.5) is 5.69 Å². The van der Waals surface area contributed by atoms with Crippen LogP contribution >= 0.6 is 0 Å². The number of amides is 1. The van der Waals surface area contributed by atoms with E-state index in [0.717, 1.165) is 36.1 Å². The first-order chi connectivity index (χ1) is 12.8. The van der Waals surface area contributed by atoms with Gasteiger partial charge in [0.1, 0.15) is 0 Å². The molecule has 0 bridgehead atoms. The second kappa shape index (κ2) is 7.82. The third-order valence-corrected chi connectivity index (χ3v) is 7.35. The van der Waals surface area contributed by atoms with Gasteiger partial charge in [-0.2, -0.15) is 4.31 Å². The SMILES string of the molecule is Cc1cccc(NC(=O)c2ccc(S(=O)(=O)N3CCCCC3C)cc2)c1C. The van der Waals surface area contributed by atoms with Crippen LogP contribution in [0, 0.1) is 13.8 Å². The highest BCUT2D eigenvalue weighted by molar-refractivity contribution is 7.89. The van der Waals surface area contributed by atoms with Crippen molar-refractivity contribution in [1.29, 1.82) is 0 Å². The minimum Gasteiger partial charge on any atom is -0.322 e. The number of carbonyl (C=O) groups excluding carboxylic acids is 1. The zero-order valence-electron chi connectivity index (χ0n) is 16.0. The van der Waals surface area contributed by atoms with Crippen molar-refractivity contribution in [3.63, 3.8) is 0 Å². The van der Waals surface area contributed by atoms with Gasteiger partial charge in [0.15, 0.2) is 0 Å².